The van der Waals surface area contributed by atoms with E-state index in [1.165, 1.54) is 6.39 Å². The summed E-state index contributed by atoms with van der Waals surface area (Å²) in [6.45, 7) is 0. The number of aromatic nitrogens is 5. The van der Waals surface area contributed by atoms with Gasteiger partial charge in [0.1, 0.15) is 11.5 Å². The van der Waals surface area contributed by atoms with Gasteiger partial charge in [0.05, 0.1) is 11.6 Å². The van der Waals surface area contributed by atoms with Gasteiger partial charge in [-0.1, -0.05) is 0 Å². The third-order valence-corrected chi connectivity index (χ3v) is 2.14. The topological polar surface area (TPSA) is 133 Å². The Morgan fingerprint density at radius 2 is 2.12 bits per heavy atom. The Morgan fingerprint density at radius 1 is 1.25 bits per heavy atom. The third-order valence-electron chi connectivity index (χ3n) is 2.14. The van der Waals surface area contributed by atoms with E-state index in [9.17, 15) is 0 Å². The Labute approximate surface area is 88.7 Å². The van der Waals surface area contributed by atoms with Crippen molar-refractivity contribution in [2.45, 2.75) is 0 Å². The number of nitrogens with two attached hydrogens (primary N) is 2. The number of hydrogen-bond acceptors (Lipinski definition) is 7. The number of anilines is 2. The van der Waals surface area contributed by atoms with Gasteiger partial charge in [-0.3, -0.25) is 5.10 Å². The summed E-state index contributed by atoms with van der Waals surface area (Å²) in [6, 6.07) is 0. The lowest BCUT2D eigenvalue weighted by Gasteiger charge is -1.97. The monoisotopic (exact) mass is 217 g/mol. The lowest BCUT2D eigenvalue weighted by Crippen LogP contribution is -1.99. The summed E-state index contributed by atoms with van der Waals surface area (Å²) in [4.78, 5) is 11.6. The zero-order chi connectivity index (χ0) is 11.1. The fraction of sp³-hybridized carbons (Fsp3) is 0. The van der Waals surface area contributed by atoms with Crippen LogP contribution in [-0.2, 0) is 0 Å². The summed E-state index contributed by atoms with van der Waals surface area (Å²) in [6.07, 6.45) is 2.86. The molecule has 0 fully saturated rings. The van der Waals surface area contributed by atoms with Gasteiger partial charge < -0.3 is 15.9 Å². The average Bonchev–Trinajstić information content (AvgIpc) is 2.82. The molecule has 8 nitrogen and oxygen atoms in total. The van der Waals surface area contributed by atoms with Gasteiger partial charge in [-0.2, -0.15) is 15.1 Å². The second-order valence-electron chi connectivity index (χ2n) is 3.13. The molecule has 0 saturated heterocycles. The maximum absolute atomic E-state index is 5.76. The average molecular weight is 217 g/mol. The predicted molar refractivity (Wildman–Crippen MR) is 56.0 cm³/mol. The number of aromatic amines is 1. The van der Waals surface area contributed by atoms with Crippen molar-refractivity contribution in [1.82, 2.24) is 25.1 Å². The molecule has 3 aromatic heterocycles. The number of rotatable bonds is 1. The van der Waals surface area contributed by atoms with Crippen molar-refractivity contribution in [1.29, 1.82) is 0 Å². The quantitative estimate of drug-likeness (QED) is 0.529. The van der Waals surface area contributed by atoms with E-state index >= 15 is 0 Å². The van der Waals surface area contributed by atoms with Crippen LogP contribution in [0.15, 0.2) is 17.0 Å². The van der Waals surface area contributed by atoms with Crippen LogP contribution in [0, 0.1) is 0 Å². The zero-order valence-corrected chi connectivity index (χ0v) is 8.01. The minimum atomic E-state index is 0.0839. The smallest absolute Gasteiger partial charge is 0.224 e. The van der Waals surface area contributed by atoms with E-state index in [0.29, 0.717) is 22.5 Å². The lowest BCUT2D eigenvalue weighted by molar-refractivity contribution is 0.570. The maximum Gasteiger partial charge on any atom is 0.224 e. The molecule has 3 aromatic rings. The van der Waals surface area contributed by atoms with Crippen molar-refractivity contribution >= 4 is 22.8 Å². The largest absolute Gasteiger partial charge is 0.442 e. The third kappa shape index (κ3) is 1.10. The minimum Gasteiger partial charge on any atom is -0.442 e. The Morgan fingerprint density at radius 3 is 2.88 bits per heavy atom. The highest BCUT2D eigenvalue weighted by Gasteiger charge is 2.15. The van der Waals surface area contributed by atoms with E-state index in [-0.39, 0.29) is 11.8 Å². The van der Waals surface area contributed by atoms with Crippen molar-refractivity contribution in [3.05, 3.63) is 12.6 Å². The van der Waals surface area contributed by atoms with Crippen LogP contribution in [-0.4, -0.2) is 25.1 Å². The van der Waals surface area contributed by atoms with E-state index in [1.54, 1.807) is 6.20 Å². The summed E-state index contributed by atoms with van der Waals surface area (Å²) >= 11 is 0. The van der Waals surface area contributed by atoms with Gasteiger partial charge >= 0.3 is 0 Å². The fourth-order valence-corrected chi connectivity index (χ4v) is 1.49. The van der Waals surface area contributed by atoms with Crippen molar-refractivity contribution < 1.29 is 4.42 Å². The van der Waals surface area contributed by atoms with Crippen LogP contribution in [0.3, 0.4) is 0 Å². The first-order valence-electron chi connectivity index (χ1n) is 4.41. The van der Waals surface area contributed by atoms with Crippen LogP contribution in [0.4, 0.5) is 11.8 Å². The number of fused-ring (bicyclic) bond motifs is 1. The molecule has 3 rings (SSSR count). The molecular formula is C8H7N7O. The van der Waals surface area contributed by atoms with Gasteiger partial charge in [-0.25, -0.2) is 4.98 Å². The van der Waals surface area contributed by atoms with Crippen LogP contribution in [0.1, 0.15) is 0 Å². The lowest BCUT2D eigenvalue weighted by atomic mass is 10.2. The van der Waals surface area contributed by atoms with Crippen LogP contribution < -0.4 is 11.5 Å². The Bertz CT molecular complexity index is 642. The first-order valence-corrected chi connectivity index (χ1v) is 4.41. The van der Waals surface area contributed by atoms with Crippen molar-refractivity contribution in [2.75, 3.05) is 11.5 Å². The number of nitrogens with zero attached hydrogens (tertiary/aromatic N) is 4. The molecule has 0 spiro atoms. The predicted octanol–water partition coefficient (Wildman–Crippen LogP) is 0.172. The molecule has 80 valence electrons. The number of H-pyrrole nitrogens is 1. The molecule has 5 N–H and O–H groups in total. The van der Waals surface area contributed by atoms with E-state index < -0.39 is 0 Å². The maximum atomic E-state index is 5.76. The molecule has 0 amide bonds. The fourth-order valence-electron chi connectivity index (χ4n) is 1.49. The normalized spacial score (nSPS) is 11.0. The Kier molecular flexibility index (Phi) is 1.58. The van der Waals surface area contributed by atoms with E-state index in [2.05, 4.69) is 25.1 Å². The van der Waals surface area contributed by atoms with E-state index in [1.807, 2.05) is 0 Å². The van der Waals surface area contributed by atoms with Gasteiger partial charge in [0, 0.05) is 0 Å². The highest BCUT2D eigenvalue weighted by molar-refractivity contribution is 5.97. The molecule has 0 aliphatic heterocycles. The number of oxazole rings is 1. The number of hydrogen-bond donors (Lipinski definition) is 3. The molecule has 0 aromatic carbocycles. The van der Waals surface area contributed by atoms with Gasteiger partial charge in [0.25, 0.3) is 0 Å². The molecule has 0 bridgehead atoms. The summed E-state index contributed by atoms with van der Waals surface area (Å²) in [5.41, 5.74) is 12.2. The van der Waals surface area contributed by atoms with Gasteiger partial charge in [0.15, 0.2) is 17.8 Å². The first-order chi connectivity index (χ1) is 7.75. The molecular weight excluding hydrogens is 210 g/mol. The van der Waals surface area contributed by atoms with Crippen molar-refractivity contribution in [2.24, 2.45) is 0 Å². The van der Waals surface area contributed by atoms with Crippen LogP contribution in [0.25, 0.3) is 22.5 Å². The van der Waals surface area contributed by atoms with Crippen molar-refractivity contribution in [3.63, 3.8) is 0 Å². The second kappa shape index (κ2) is 2.92. The summed E-state index contributed by atoms with van der Waals surface area (Å²) in [5.74, 6) is 0.853. The zero-order valence-electron chi connectivity index (χ0n) is 8.01. The molecule has 0 aliphatic rings. The van der Waals surface area contributed by atoms with E-state index in [0.717, 1.165) is 0 Å². The summed E-state index contributed by atoms with van der Waals surface area (Å²) < 4.78 is 5.15. The second-order valence-corrected chi connectivity index (χ2v) is 3.13. The van der Waals surface area contributed by atoms with Gasteiger partial charge in [-0.15, -0.1) is 0 Å². The van der Waals surface area contributed by atoms with Crippen LogP contribution in [0.2, 0.25) is 0 Å². The molecule has 0 saturated carbocycles. The standard InChI is InChI=1S/C8H7N7O/c9-6-4-5(3-1-11-2-16-3)14-15-7(4)13-8(10)12-6/h1-2H,(H5,9,10,12,13,14,15). The number of nitrogen functional groups attached to an aromatic ring is 2. The SMILES string of the molecule is Nc1nc(N)c2c(-c3cnco3)[nH]nc2n1. The Hall–Kier alpha value is -2.64. The van der Waals surface area contributed by atoms with Gasteiger partial charge in [0.2, 0.25) is 5.95 Å². The highest BCUT2D eigenvalue weighted by atomic mass is 16.3. The molecule has 0 unspecified atom stereocenters. The van der Waals surface area contributed by atoms with Crippen molar-refractivity contribution in [3.8, 4) is 11.5 Å². The molecule has 0 radical (unpaired) electrons. The molecule has 0 atom stereocenters. The summed E-state index contributed by atoms with van der Waals surface area (Å²) in [7, 11) is 0. The number of nitrogens with one attached hydrogen (secondary N) is 1. The highest BCUT2D eigenvalue weighted by Crippen LogP contribution is 2.28. The van der Waals surface area contributed by atoms with Gasteiger partial charge in [-0.05, 0) is 0 Å². The molecule has 0 aliphatic carbocycles. The van der Waals surface area contributed by atoms with E-state index in [4.69, 9.17) is 15.9 Å². The molecule has 16 heavy (non-hydrogen) atoms. The Balaban J connectivity index is 2.36. The van der Waals surface area contributed by atoms with Crippen LogP contribution in [0.5, 0.6) is 0 Å². The summed E-state index contributed by atoms with van der Waals surface area (Å²) in [5, 5.41) is 7.31. The first kappa shape index (κ1) is 8.65. The minimum absolute atomic E-state index is 0.0839. The molecule has 8 heteroatoms. The molecule has 3 heterocycles. The van der Waals surface area contributed by atoms with Crippen LogP contribution >= 0.6 is 0 Å².